The van der Waals surface area contributed by atoms with Gasteiger partial charge in [-0.3, -0.25) is 0 Å². The summed E-state index contributed by atoms with van der Waals surface area (Å²) in [6.07, 6.45) is 6.46. The van der Waals surface area contributed by atoms with Gasteiger partial charge < -0.3 is 4.74 Å². The van der Waals surface area contributed by atoms with Crippen molar-refractivity contribution in [3.63, 3.8) is 0 Å². The molecule has 30 heavy (non-hydrogen) atoms. The molecule has 0 unspecified atom stereocenters. The fourth-order valence-electron chi connectivity index (χ4n) is 3.43. The average Bonchev–Trinajstić information content (AvgIpc) is 3.17. The Bertz CT molecular complexity index is 961. The first-order valence-electron chi connectivity index (χ1n) is 10.8. The molecule has 1 heterocycles. The van der Waals surface area contributed by atoms with E-state index in [1.807, 2.05) is 18.2 Å². The zero-order valence-electron chi connectivity index (χ0n) is 18.2. The number of esters is 1. The van der Waals surface area contributed by atoms with Crippen LogP contribution in [0.25, 0.3) is 11.1 Å². The van der Waals surface area contributed by atoms with Crippen molar-refractivity contribution in [2.24, 2.45) is 0 Å². The number of aromatic nitrogens is 3. The van der Waals surface area contributed by atoms with E-state index in [9.17, 15) is 4.79 Å². The quantitative estimate of drug-likeness (QED) is 0.420. The summed E-state index contributed by atoms with van der Waals surface area (Å²) in [5.74, 6) is 1.72. The number of unbranched alkanes of at least 4 members (excludes halogenated alkanes) is 2. The fraction of sp³-hybridized carbons (Fsp3) is 0.400. The first-order chi connectivity index (χ1) is 14.6. The molecule has 3 rings (SSSR count). The van der Waals surface area contributed by atoms with Crippen LogP contribution in [0.5, 0.6) is 0 Å². The second-order valence-electron chi connectivity index (χ2n) is 7.58. The molecule has 5 nitrogen and oxygen atoms in total. The number of ether oxygens (including phenoxy) is 1. The monoisotopic (exact) mass is 405 g/mol. The van der Waals surface area contributed by atoms with Crippen LogP contribution in [-0.4, -0.2) is 27.8 Å². The van der Waals surface area contributed by atoms with Gasteiger partial charge in [-0.15, -0.1) is 0 Å². The standard InChI is InChI=1S/C25H31N3O2/c1-4-6-11-23-26-24(12-7-5-2)28(27-23)18-19-13-15-20(16-14-19)21-9-8-10-22(17-21)25(29)30-3/h8-10,13-17H,4-7,11-12,18H2,1-3H3. The van der Waals surface area contributed by atoms with Crippen LogP contribution in [0.3, 0.4) is 0 Å². The molecule has 0 saturated carbocycles. The third-order valence-electron chi connectivity index (χ3n) is 5.20. The van der Waals surface area contributed by atoms with Crippen LogP contribution in [0.4, 0.5) is 0 Å². The van der Waals surface area contributed by atoms with Crippen LogP contribution in [0, 0.1) is 0 Å². The zero-order valence-corrected chi connectivity index (χ0v) is 18.2. The molecule has 0 saturated heterocycles. The van der Waals surface area contributed by atoms with E-state index in [0.717, 1.165) is 67.8 Å². The third kappa shape index (κ3) is 5.56. The predicted molar refractivity (Wildman–Crippen MR) is 120 cm³/mol. The second-order valence-corrected chi connectivity index (χ2v) is 7.58. The van der Waals surface area contributed by atoms with Crippen LogP contribution in [-0.2, 0) is 24.1 Å². The van der Waals surface area contributed by atoms with Crippen LogP contribution in [0.2, 0.25) is 0 Å². The SMILES string of the molecule is CCCCc1nc(CCCC)n(Cc2ccc(-c3cccc(C(=O)OC)c3)cc2)n1. The maximum atomic E-state index is 11.8. The lowest BCUT2D eigenvalue weighted by atomic mass is 10.0. The Morgan fingerprint density at radius 1 is 0.967 bits per heavy atom. The van der Waals surface area contributed by atoms with E-state index < -0.39 is 0 Å². The Morgan fingerprint density at radius 3 is 2.40 bits per heavy atom. The Labute approximate surface area is 179 Å². The first-order valence-corrected chi connectivity index (χ1v) is 10.8. The number of hydrogen-bond donors (Lipinski definition) is 0. The summed E-state index contributed by atoms with van der Waals surface area (Å²) in [5.41, 5.74) is 3.81. The van der Waals surface area contributed by atoms with Crippen molar-refractivity contribution in [2.45, 2.75) is 58.9 Å². The molecule has 5 heteroatoms. The van der Waals surface area contributed by atoms with Gasteiger partial charge in [-0.25, -0.2) is 14.5 Å². The number of benzene rings is 2. The summed E-state index contributed by atoms with van der Waals surface area (Å²) in [6, 6.07) is 15.9. The third-order valence-corrected chi connectivity index (χ3v) is 5.20. The summed E-state index contributed by atoms with van der Waals surface area (Å²) >= 11 is 0. The highest BCUT2D eigenvalue weighted by molar-refractivity contribution is 5.90. The number of carbonyl (C=O) groups is 1. The molecule has 0 aliphatic carbocycles. The van der Waals surface area contributed by atoms with Gasteiger partial charge in [0.1, 0.15) is 5.82 Å². The van der Waals surface area contributed by atoms with E-state index in [1.54, 1.807) is 6.07 Å². The van der Waals surface area contributed by atoms with Crippen molar-refractivity contribution in [3.05, 3.63) is 71.3 Å². The van der Waals surface area contributed by atoms with Crippen LogP contribution in [0.1, 0.15) is 67.1 Å². The van der Waals surface area contributed by atoms with E-state index in [-0.39, 0.29) is 5.97 Å². The minimum Gasteiger partial charge on any atom is -0.465 e. The number of nitrogens with zero attached hydrogens (tertiary/aromatic N) is 3. The fourth-order valence-corrected chi connectivity index (χ4v) is 3.43. The number of hydrogen-bond acceptors (Lipinski definition) is 4. The molecule has 0 amide bonds. The Kier molecular flexibility index (Phi) is 7.77. The molecule has 0 radical (unpaired) electrons. The van der Waals surface area contributed by atoms with E-state index in [0.29, 0.717) is 5.56 Å². The molecular formula is C25H31N3O2. The van der Waals surface area contributed by atoms with Gasteiger partial charge in [-0.1, -0.05) is 63.1 Å². The minimum absolute atomic E-state index is 0.321. The normalized spacial score (nSPS) is 10.9. The van der Waals surface area contributed by atoms with E-state index in [1.165, 1.54) is 12.7 Å². The minimum atomic E-state index is -0.321. The highest BCUT2D eigenvalue weighted by atomic mass is 16.5. The van der Waals surface area contributed by atoms with E-state index in [4.69, 9.17) is 14.8 Å². The van der Waals surface area contributed by atoms with Gasteiger partial charge in [-0.05, 0) is 41.7 Å². The van der Waals surface area contributed by atoms with Gasteiger partial charge in [0.05, 0.1) is 19.2 Å². The van der Waals surface area contributed by atoms with Crippen molar-refractivity contribution in [1.82, 2.24) is 14.8 Å². The molecule has 0 aliphatic rings. The molecule has 0 spiro atoms. The van der Waals surface area contributed by atoms with Crippen LogP contribution < -0.4 is 0 Å². The predicted octanol–water partition coefficient (Wildman–Crippen LogP) is 5.47. The van der Waals surface area contributed by atoms with Gasteiger partial charge in [0, 0.05) is 12.8 Å². The van der Waals surface area contributed by atoms with Gasteiger partial charge >= 0.3 is 5.97 Å². The van der Waals surface area contributed by atoms with Crippen molar-refractivity contribution < 1.29 is 9.53 Å². The molecule has 2 aromatic carbocycles. The van der Waals surface area contributed by atoms with Gasteiger partial charge in [0.15, 0.2) is 5.82 Å². The second kappa shape index (κ2) is 10.7. The largest absolute Gasteiger partial charge is 0.465 e. The molecule has 3 aromatic rings. The summed E-state index contributed by atoms with van der Waals surface area (Å²) in [5, 5.41) is 4.77. The Morgan fingerprint density at radius 2 is 1.70 bits per heavy atom. The van der Waals surface area contributed by atoms with Crippen molar-refractivity contribution in [3.8, 4) is 11.1 Å². The number of methoxy groups -OCH3 is 1. The van der Waals surface area contributed by atoms with Gasteiger partial charge in [0.2, 0.25) is 0 Å². The Hall–Kier alpha value is -2.95. The highest BCUT2D eigenvalue weighted by Gasteiger charge is 2.11. The highest BCUT2D eigenvalue weighted by Crippen LogP contribution is 2.22. The molecule has 0 atom stereocenters. The summed E-state index contributed by atoms with van der Waals surface area (Å²) in [6.45, 7) is 5.12. The topological polar surface area (TPSA) is 57.0 Å². The van der Waals surface area contributed by atoms with Crippen molar-refractivity contribution in [2.75, 3.05) is 7.11 Å². The summed E-state index contributed by atoms with van der Waals surface area (Å²) in [7, 11) is 1.40. The Balaban J connectivity index is 1.77. The lowest BCUT2D eigenvalue weighted by Crippen LogP contribution is -2.07. The lowest BCUT2D eigenvalue weighted by molar-refractivity contribution is 0.0601. The molecule has 1 aromatic heterocycles. The summed E-state index contributed by atoms with van der Waals surface area (Å²) in [4.78, 5) is 16.6. The maximum absolute atomic E-state index is 11.8. The summed E-state index contributed by atoms with van der Waals surface area (Å²) < 4.78 is 6.89. The maximum Gasteiger partial charge on any atom is 0.337 e. The molecule has 0 bridgehead atoms. The van der Waals surface area contributed by atoms with Gasteiger partial charge in [-0.2, -0.15) is 5.10 Å². The smallest absolute Gasteiger partial charge is 0.337 e. The van der Waals surface area contributed by atoms with Crippen molar-refractivity contribution in [1.29, 1.82) is 0 Å². The first kappa shape index (κ1) is 21.8. The zero-order chi connectivity index (χ0) is 21.3. The molecule has 158 valence electrons. The lowest BCUT2D eigenvalue weighted by Gasteiger charge is -2.08. The molecule has 0 fully saturated rings. The molecule has 0 N–H and O–H groups in total. The van der Waals surface area contributed by atoms with Gasteiger partial charge in [0.25, 0.3) is 0 Å². The number of aryl methyl sites for hydroxylation is 2. The van der Waals surface area contributed by atoms with E-state index in [2.05, 4.69) is 42.8 Å². The molecule has 0 aliphatic heterocycles. The van der Waals surface area contributed by atoms with Crippen LogP contribution >= 0.6 is 0 Å². The number of rotatable bonds is 10. The van der Waals surface area contributed by atoms with Crippen molar-refractivity contribution >= 4 is 5.97 Å². The average molecular weight is 406 g/mol. The van der Waals surface area contributed by atoms with E-state index >= 15 is 0 Å². The van der Waals surface area contributed by atoms with Crippen LogP contribution in [0.15, 0.2) is 48.5 Å². The molecular weight excluding hydrogens is 374 g/mol. The number of carbonyl (C=O) groups excluding carboxylic acids is 1.